The molecule has 0 amide bonds. The van der Waals surface area contributed by atoms with Crippen LogP contribution in [-0.4, -0.2) is 32.4 Å². The molecule has 0 unspecified atom stereocenters. The van der Waals surface area contributed by atoms with E-state index in [-0.39, 0.29) is 6.04 Å². The normalized spacial score (nSPS) is 16.1. The van der Waals surface area contributed by atoms with Crippen LogP contribution in [0.5, 0.6) is 0 Å². The fourth-order valence-corrected chi connectivity index (χ4v) is 3.94. The molecular formula is C14H22N2O2S. The number of anilines is 1. The van der Waals surface area contributed by atoms with Crippen molar-refractivity contribution in [2.24, 2.45) is 5.92 Å². The topological polar surface area (TPSA) is 49.4 Å². The van der Waals surface area contributed by atoms with E-state index in [4.69, 9.17) is 0 Å². The summed E-state index contributed by atoms with van der Waals surface area (Å²) >= 11 is 0. The third-order valence-corrected chi connectivity index (χ3v) is 5.18. The van der Waals surface area contributed by atoms with Crippen LogP contribution in [0.4, 0.5) is 5.69 Å². The Kier molecular flexibility index (Phi) is 4.16. The number of benzene rings is 1. The molecule has 0 radical (unpaired) electrons. The maximum absolute atomic E-state index is 12.7. The van der Waals surface area contributed by atoms with Crippen molar-refractivity contribution in [1.82, 2.24) is 4.31 Å². The summed E-state index contributed by atoms with van der Waals surface area (Å²) in [5.74, 6) is 0.340. The maximum atomic E-state index is 12.7. The smallest absolute Gasteiger partial charge is 0.243 e. The van der Waals surface area contributed by atoms with Crippen LogP contribution in [0.15, 0.2) is 29.2 Å². The molecule has 0 aromatic heterocycles. The average molecular weight is 282 g/mol. The summed E-state index contributed by atoms with van der Waals surface area (Å²) in [6, 6.07) is 7.16. The first-order valence-electron chi connectivity index (χ1n) is 6.75. The van der Waals surface area contributed by atoms with E-state index in [1.54, 1.807) is 28.6 Å². The molecule has 0 saturated heterocycles. The first kappa shape index (κ1) is 14.3. The zero-order valence-corrected chi connectivity index (χ0v) is 12.6. The summed E-state index contributed by atoms with van der Waals surface area (Å²) in [7, 11) is -1.53. The molecule has 4 nitrogen and oxygen atoms in total. The van der Waals surface area contributed by atoms with E-state index in [2.05, 4.69) is 19.2 Å². The molecule has 5 heteroatoms. The summed E-state index contributed by atoms with van der Waals surface area (Å²) < 4.78 is 27.0. The zero-order chi connectivity index (χ0) is 14.0. The van der Waals surface area contributed by atoms with E-state index in [9.17, 15) is 8.42 Å². The highest BCUT2D eigenvalue weighted by atomic mass is 32.2. The lowest BCUT2D eigenvalue weighted by Gasteiger charge is -2.23. The van der Waals surface area contributed by atoms with Gasteiger partial charge in [-0.3, -0.25) is 0 Å². The van der Waals surface area contributed by atoms with Crippen molar-refractivity contribution >= 4 is 15.7 Å². The Hall–Kier alpha value is -1.07. The average Bonchev–Trinajstić information content (AvgIpc) is 3.20. The molecule has 1 N–H and O–H groups in total. The summed E-state index contributed by atoms with van der Waals surface area (Å²) in [6.45, 7) is 4.70. The third kappa shape index (κ3) is 3.28. The van der Waals surface area contributed by atoms with Gasteiger partial charge in [-0.05, 0) is 43.0 Å². The summed E-state index contributed by atoms with van der Waals surface area (Å²) in [5, 5.41) is 2.99. The molecule has 0 bridgehead atoms. The number of hydrogen-bond donors (Lipinski definition) is 1. The van der Waals surface area contributed by atoms with Gasteiger partial charge in [0.05, 0.1) is 4.90 Å². The highest BCUT2D eigenvalue weighted by Crippen LogP contribution is 2.32. The van der Waals surface area contributed by atoms with Gasteiger partial charge in [0.25, 0.3) is 0 Å². The van der Waals surface area contributed by atoms with Crippen LogP contribution >= 0.6 is 0 Å². The lowest BCUT2D eigenvalue weighted by atomic mass is 10.2. The maximum Gasteiger partial charge on any atom is 0.243 e. The minimum absolute atomic E-state index is 0.205. The predicted molar refractivity (Wildman–Crippen MR) is 77.7 cm³/mol. The van der Waals surface area contributed by atoms with Gasteiger partial charge < -0.3 is 5.32 Å². The lowest BCUT2D eigenvalue weighted by molar-refractivity contribution is 0.360. The second-order valence-electron chi connectivity index (χ2n) is 5.47. The Morgan fingerprint density at radius 1 is 1.26 bits per heavy atom. The molecule has 1 aliphatic carbocycles. The first-order valence-corrected chi connectivity index (χ1v) is 8.19. The zero-order valence-electron chi connectivity index (χ0n) is 11.8. The monoisotopic (exact) mass is 282 g/mol. The highest BCUT2D eigenvalue weighted by Gasteiger charge is 2.38. The van der Waals surface area contributed by atoms with Crippen LogP contribution < -0.4 is 5.32 Å². The number of hydrogen-bond acceptors (Lipinski definition) is 3. The second kappa shape index (κ2) is 5.51. The SMILES string of the molecule is CNc1ccc(S(=O)(=O)N(CC(C)C)C2CC2)cc1. The van der Waals surface area contributed by atoms with E-state index in [1.807, 2.05) is 7.05 Å². The minimum Gasteiger partial charge on any atom is -0.388 e. The quantitative estimate of drug-likeness (QED) is 0.872. The third-order valence-electron chi connectivity index (χ3n) is 3.25. The molecule has 1 aliphatic rings. The van der Waals surface area contributed by atoms with E-state index in [0.29, 0.717) is 17.4 Å². The number of rotatable bonds is 6. The van der Waals surface area contributed by atoms with Crippen molar-refractivity contribution in [2.75, 3.05) is 18.9 Å². The van der Waals surface area contributed by atoms with E-state index in [1.165, 1.54) is 0 Å². The van der Waals surface area contributed by atoms with Crippen molar-refractivity contribution < 1.29 is 8.42 Å². The molecule has 0 spiro atoms. The predicted octanol–water partition coefficient (Wildman–Crippen LogP) is 2.54. The molecule has 2 rings (SSSR count). The van der Waals surface area contributed by atoms with Gasteiger partial charge in [0.15, 0.2) is 0 Å². The molecular weight excluding hydrogens is 260 g/mol. The van der Waals surface area contributed by atoms with Gasteiger partial charge in [0.2, 0.25) is 10.0 Å². The molecule has 106 valence electrons. The van der Waals surface area contributed by atoms with E-state index >= 15 is 0 Å². The molecule has 1 saturated carbocycles. The van der Waals surface area contributed by atoms with Crippen molar-refractivity contribution in [3.63, 3.8) is 0 Å². The Bertz CT molecular complexity index is 519. The van der Waals surface area contributed by atoms with Crippen LogP contribution in [0.3, 0.4) is 0 Å². The van der Waals surface area contributed by atoms with Gasteiger partial charge in [0.1, 0.15) is 0 Å². The van der Waals surface area contributed by atoms with Crippen LogP contribution in [0.25, 0.3) is 0 Å². The molecule has 1 aromatic rings. The molecule has 0 atom stereocenters. The van der Waals surface area contributed by atoms with E-state index < -0.39 is 10.0 Å². The standard InChI is InChI=1S/C14H22N2O2S/c1-11(2)10-16(13-6-7-13)19(17,18)14-8-4-12(15-3)5-9-14/h4-5,8-9,11,13,15H,6-7,10H2,1-3H3. The van der Waals surface area contributed by atoms with E-state index in [0.717, 1.165) is 18.5 Å². The number of nitrogens with one attached hydrogen (secondary N) is 1. The molecule has 1 aromatic carbocycles. The largest absolute Gasteiger partial charge is 0.388 e. The number of nitrogens with zero attached hydrogens (tertiary/aromatic N) is 1. The van der Waals surface area contributed by atoms with Crippen molar-refractivity contribution in [2.45, 2.75) is 37.6 Å². The second-order valence-corrected chi connectivity index (χ2v) is 7.36. The van der Waals surface area contributed by atoms with Crippen molar-refractivity contribution in [3.05, 3.63) is 24.3 Å². The molecule has 19 heavy (non-hydrogen) atoms. The Morgan fingerprint density at radius 3 is 2.26 bits per heavy atom. The fraction of sp³-hybridized carbons (Fsp3) is 0.571. The molecule has 0 aliphatic heterocycles. The van der Waals surface area contributed by atoms with Crippen molar-refractivity contribution in [3.8, 4) is 0 Å². The molecule has 1 fully saturated rings. The number of sulfonamides is 1. The lowest BCUT2D eigenvalue weighted by Crippen LogP contribution is -2.36. The van der Waals surface area contributed by atoms with Gasteiger partial charge in [0, 0.05) is 25.3 Å². The van der Waals surface area contributed by atoms with Crippen LogP contribution in [-0.2, 0) is 10.0 Å². The molecule has 0 heterocycles. The van der Waals surface area contributed by atoms with Gasteiger partial charge >= 0.3 is 0 Å². The van der Waals surface area contributed by atoms with Crippen molar-refractivity contribution in [1.29, 1.82) is 0 Å². The fourth-order valence-electron chi connectivity index (χ4n) is 2.09. The van der Waals surface area contributed by atoms with Gasteiger partial charge in [-0.1, -0.05) is 13.8 Å². The Balaban J connectivity index is 2.27. The Morgan fingerprint density at radius 2 is 1.84 bits per heavy atom. The minimum atomic E-state index is -3.35. The Labute approximate surface area is 115 Å². The van der Waals surface area contributed by atoms with Crippen LogP contribution in [0.1, 0.15) is 26.7 Å². The van der Waals surface area contributed by atoms with Gasteiger partial charge in [-0.15, -0.1) is 0 Å². The van der Waals surface area contributed by atoms with Gasteiger partial charge in [-0.25, -0.2) is 8.42 Å². The first-order chi connectivity index (χ1) is 8.95. The summed E-state index contributed by atoms with van der Waals surface area (Å²) in [4.78, 5) is 0.388. The highest BCUT2D eigenvalue weighted by molar-refractivity contribution is 7.89. The summed E-state index contributed by atoms with van der Waals surface area (Å²) in [6.07, 6.45) is 1.97. The van der Waals surface area contributed by atoms with Crippen LogP contribution in [0.2, 0.25) is 0 Å². The van der Waals surface area contributed by atoms with Gasteiger partial charge in [-0.2, -0.15) is 4.31 Å². The van der Waals surface area contributed by atoms with Crippen LogP contribution in [0, 0.1) is 5.92 Å². The summed E-state index contributed by atoms with van der Waals surface area (Å²) in [5.41, 5.74) is 0.917.